The molecule has 0 aliphatic heterocycles. The number of hydrogen-bond donors (Lipinski definition) is 0. The molecule has 1 aromatic carbocycles. The summed E-state index contributed by atoms with van der Waals surface area (Å²) in [4.78, 5) is 24.3. The molecule has 0 N–H and O–H groups in total. The van der Waals surface area contributed by atoms with Crippen molar-refractivity contribution in [2.24, 2.45) is 23.7 Å². The molecule has 5 aliphatic carbocycles. The molecule has 5 aliphatic rings. The smallest absolute Gasteiger partial charge is 0.316 e. The first-order valence-electron chi connectivity index (χ1n) is 9.02. The molecule has 4 nitrogen and oxygen atoms in total. The average molecular weight is 348 g/mol. The summed E-state index contributed by atoms with van der Waals surface area (Å²) < 4.78 is 9.98. The molecule has 132 valence electrons. The van der Waals surface area contributed by atoms with Gasteiger partial charge in [0.1, 0.15) is 0 Å². The van der Waals surface area contributed by atoms with Crippen molar-refractivity contribution in [3.63, 3.8) is 0 Å². The third-order valence-electron chi connectivity index (χ3n) is 6.49. The van der Waals surface area contributed by atoms with E-state index < -0.39 is 0 Å². The summed E-state index contributed by atoms with van der Waals surface area (Å²) >= 11 is 0. The second-order valence-electron chi connectivity index (χ2n) is 7.47. The number of rotatable bonds is 2. The zero-order valence-electron chi connectivity index (χ0n) is 14.7. The minimum Gasteiger partial charge on any atom is -0.469 e. The van der Waals surface area contributed by atoms with E-state index in [1.165, 1.54) is 36.5 Å². The SMILES string of the molecule is COC(=O)C1C=CC2=C(C=C1)C1c3ccccc3C2C2C(C(=O)OC)C12. The Labute approximate surface area is 152 Å². The summed E-state index contributed by atoms with van der Waals surface area (Å²) in [5.41, 5.74) is 5.12. The van der Waals surface area contributed by atoms with Gasteiger partial charge in [-0.15, -0.1) is 0 Å². The van der Waals surface area contributed by atoms with Crippen LogP contribution in [0.4, 0.5) is 0 Å². The fourth-order valence-electron chi connectivity index (χ4n) is 5.44. The molecule has 4 unspecified atom stereocenters. The van der Waals surface area contributed by atoms with Crippen molar-refractivity contribution in [3.8, 4) is 0 Å². The lowest BCUT2D eigenvalue weighted by molar-refractivity contribution is -0.143. The summed E-state index contributed by atoms with van der Waals surface area (Å²) in [5.74, 6) is 0.242. The molecule has 1 fully saturated rings. The molecule has 0 saturated heterocycles. The van der Waals surface area contributed by atoms with Gasteiger partial charge in [-0.3, -0.25) is 9.59 Å². The lowest BCUT2D eigenvalue weighted by atomic mass is 9.64. The van der Waals surface area contributed by atoms with Crippen LogP contribution in [0.3, 0.4) is 0 Å². The molecule has 0 amide bonds. The highest BCUT2D eigenvalue weighted by atomic mass is 16.5. The van der Waals surface area contributed by atoms with E-state index in [9.17, 15) is 9.59 Å². The first kappa shape index (κ1) is 15.6. The lowest BCUT2D eigenvalue weighted by Gasteiger charge is -2.39. The molecule has 2 bridgehead atoms. The molecular formula is C22H20O4. The van der Waals surface area contributed by atoms with E-state index >= 15 is 0 Å². The Bertz CT molecular complexity index is 849. The van der Waals surface area contributed by atoms with E-state index in [4.69, 9.17) is 9.47 Å². The van der Waals surface area contributed by atoms with Crippen LogP contribution in [0.5, 0.6) is 0 Å². The standard InChI is InChI=1S/C22H20O4/c1-25-21(23)11-7-9-14-15(10-8-11)17-13-6-4-3-5-12(13)16(14)18-19(17)20(18)22(24)26-2/h3-11,16-20H,1-2H3. The van der Waals surface area contributed by atoms with Gasteiger partial charge < -0.3 is 9.47 Å². The van der Waals surface area contributed by atoms with Gasteiger partial charge in [-0.05, 0) is 34.1 Å². The third-order valence-corrected chi connectivity index (χ3v) is 6.49. The summed E-state index contributed by atoms with van der Waals surface area (Å²) in [7, 11) is 2.89. The fourth-order valence-corrected chi connectivity index (χ4v) is 5.44. The number of carbonyl (C=O) groups is 2. The molecule has 0 radical (unpaired) electrons. The van der Waals surface area contributed by atoms with Crippen LogP contribution in [-0.2, 0) is 19.1 Å². The van der Waals surface area contributed by atoms with Gasteiger partial charge in [0.2, 0.25) is 0 Å². The second-order valence-corrected chi connectivity index (χ2v) is 7.47. The summed E-state index contributed by atoms with van der Waals surface area (Å²) in [6.07, 6.45) is 7.98. The van der Waals surface area contributed by atoms with Crippen molar-refractivity contribution >= 4 is 11.9 Å². The predicted molar refractivity (Wildman–Crippen MR) is 95.2 cm³/mol. The molecule has 0 aromatic heterocycles. The van der Waals surface area contributed by atoms with Crippen LogP contribution in [0.2, 0.25) is 0 Å². The molecule has 1 aromatic rings. The van der Waals surface area contributed by atoms with E-state index in [1.807, 2.05) is 12.2 Å². The van der Waals surface area contributed by atoms with Crippen LogP contribution in [0.25, 0.3) is 0 Å². The Kier molecular flexibility index (Phi) is 3.27. The minimum absolute atomic E-state index is 0.0347. The maximum atomic E-state index is 12.3. The van der Waals surface area contributed by atoms with Crippen LogP contribution >= 0.6 is 0 Å². The fraction of sp³-hybridized carbons (Fsp3) is 0.364. The molecule has 26 heavy (non-hydrogen) atoms. The minimum atomic E-state index is -0.360. The van der Waals surface area contributed by atoms with Crippen LogP contribution in [0, 0.1) is 23.7 Å². The molecule has 4 atom stereocenters. The Balaban J connectivity index is 1.62. The molecule has 0 heterocycles. The second kappa shape index (κ2) is 5.44. The Morgan fingerprint density at radius 1 is 0.808 bits per heavy atom. The number of esters is 2. The van der Waals surface area contributed by atoms with Crippen molar-refractivity contribution < 1.29 is 19.1 Å². The van der Waals surface area contributed by atoms with E-state index in [2.05, 4.69) is 36.4 Å². The maximum absolute atomic E-state index is 12.3. The molecule has 1 saturated carbocycles. The van der Waals surface area contributed by atoms with Crippen molar-refractivity contribution in [3.05, 3.63) is 70.8 Å². The maximum Gasteiger partial charge on any atom is 0.316 e. The predicted octanol–water partition coefficient (Wildman–Crippen LogP) is 3.13. The van der Waals surface area contributed by atoms with Gasteiger partial charge in [0.05, 0.1) is 26.1 Å². The van der Waals surface area contributed by atoms with Crippen LogP contribution in [0.15, 0.2) is 59.7 Å². The van der Waals surface area contributed by atoms with Gasteiger partial charge in [0, 0.05) is 11.8 Å². The van der Waals surface area contributed by atoms with Gasteiger partial charge in [-0.2, -0.15) is 0 Å². The highest BCUT2D eigenvalue weighted by molar-refractivity contribution is 5.81. The molecular weight excluding hydrogens is 328 g/mol. The Morgan fingerprint density at radius 3 is 1.77 bits per heavy atom. The van der Waals surface area contributed by atoms with Gasteiger partial charge >= 0.3 is 11.9 Å². The average Bonchev–Trinajstić information content (AvgIpc) is 3.46. The molecule has 0 spiro atoms. The lowest BCUT2D eigenvalue weighted by Crippen LogP contribution is -2.26. The quantitative estimate of drug-likeness (QED) is 0.771. The van der Waals surface area contributed by atoms with Crippen LogP contribution in [-0.4, -0.2) is 26.2 Å². The number of hydrogen-bond acceptors (Lipinski definition) is 4. The number of allylic oxidation sites excluding steroid dienone is 4. The highest BCUT2D eigenvalue weighted by Gasteiger charge is 2.68. The van der Waals surface area contributed by atoms with E-state index in [1.54, 1.807) is 0 Å². The monoisotopic (exact) mass is 348 g/mol. The largest absolute Gasteiger partial charge is 0.469 e. The van der Waals surface area contributed by atoms with Gasteiger partial charge in [0.25, 0.3) is 0 Å². The Morgan fingerprint density at radius 2 is 1.31 bits per heavy atom. The van der Waals surface area contributed by atoms with Crippen molar-refractivity contribution in [1.29, 1.82) is 0 Å². The van der Waals surface area contributed by atoms with Crippen LogP contribution < -0.4 is 0 Å². The molecule has 4 heteroatoms. The van der Waals surface area contributed by atoms with Crippen molar-refractivity contribution in [2.75, 3.05) is 14.2 Å². The number of ether oxygens (including phenoxy) is 2. The first-order valence-corrected chi connectivity index (χ1v) is 9.02. The highest BCUT2D eigenvalue weighted by Crippen LogP contribution is 2.72. The number of carbonyl (C=O) groups excluding carboxylic acids is 2. The topological polar surface area (TPSA) is 52.6 Å². The van der Waals surface area contributed by atoms with Crippen molar-refractivity contribution in [1.82, 2.24) is 0 Å². The van der Waals surface area contributed by atoms with Gasteiger partial charge in [-0.1, -0.05) is 48.6 Å². The summed E-state index contributed by atoms with van der Waals surface area (Å²) in [5, 5.41) is 0. The van der Waals surface area contributed by atoms with Crippen LogP contribution in [0.1, 0.15) is 23.0 Å². The zero-order chi connectivity index (χ0) is 18.0. The van der Waals surface area contributed by atoms with E-state index in [-0.39, 0.29) is 35.6 Å². The zero-order valence-corrected chi connectivity index (χ0v) is 14.7. The normalized spacial score (nSPS) is 35.2. The molecule has 6 rings (SSSR count). The summed E-state index contributed by atoms with van der Waals surface area (Å²) in [6, 6.07) is 8.50. The number of methoxy groups -OCH3 is 2. The number of benzene rings is 1. The van der Waals surface area contributed by atoms with Gasteiger partial charge in [0.15, 0.2) is 0 Å². The Hall–Kier alpha value is -2.62. The van der Waals surface area contributed by atoms with Crippen molar-refractivity contribution in [2.45, 2.75) is 11.8 Å². The third kappa shape index (κ3) is 1.90. The summed E-state index contributed by atoms with van der Waals surface area (Å²) in [6.45, 7) is 0. The van der Waals surface area contributed by atoms with Gasteiger partial charge in [-0.25, -0.2) is 0 Å². The van der Waals surface area contributed by atoms with E-state index in [0.717, 1.165) is 0 Å². The van der Waals surface area contributed by atoms with E-state index in [0.29, 0.717) is 11.8 Å². The first-order chi connectivity index (χ1) is 12.7.